The summed E-state index contributed by atoms with van der Waals surface area (Å²) in [4.78, 5) is 4.40. The van der Waals surface area contributed by atoms with E-state index < -0.39 is 0 Å². The molecule has 3 heterocycles. The molecule has 0 spiro atoms. The highest BCUT2D eigenvalue weighted by Gasteiger charge is 2.41. The van der Waals surface area contributed by atoms with Gasteiger partial charge in [-0.15, -0.1) is 12.4 Å². The molecule has 1 fully saturated rings. The number of piperidine rings is 1. The number of halogens is 1. The number of aryl methyl sites for hydroxylation is 1. The Hall–Kier alpha value is -1.40. The number of hydrogen-bond acceptors (Lipinski definition) is 5. The zero-order chi connectivity index (χ0) is 11.7. The molecule has 0 atom stereocenters. The average Bonchev–Trinajstić information content (AvgIpc) is 3.01. The summed E-state index contributed by atoms with van der Waals surface area (Å²) in [6, 6.07) is 1.92. The maximum atomic E-state index is 5.38. The Bertz CT molecular complexity index is 489. The van der Waals surface area contributed by atoms with Crippen LogP contribution in [0.2, 0.25) is 0 Å². The van der Waals surface area contributed by atoms with Crippen LogP contribution in [0, 0.1) is 6.92 Å². The average molecular weight is 270 g/mol. The van der Waals surface area contributed by atoms with Gasteiger partial charge in [-0.1, -0.05) is 5.16 Å². The van der Waals surface area contributed by atoms with Crippen molar-refractivity contribution in [2.24, 2.45) is 0 Å². The summed E-state index contributed by atoms with van der Waals surface area (Å²) in [5, 5.41) is 11.6. The van der Waals surface area contributed by atoms with Gasteiger partial charge in [-0.05, 0) is 38.9 Å². The van der Waals surface area contributed by atoms with Crippen LogP contribution in [-0.2, 0) is 5.54 Å². The van der Waals surface area contributed by atoms with Gasteiger partial charge in [0.25, 0.3) is 5.89 Å². The van der Waals surface area contributed by atoms with Crippen LogP contribution in [0.25, 0.3) is 0 Å². The molecule has 2 aromatic rings. The van der Waals surface area contributed by atoms with Crippen LogP contribution < -0.4 is 5.32 Å². The fourth-order valence-electron chi connectivity index (χ4n) is 2.39. The maximum Gasteiger partial charge on any atom is 0.254 e. The van der Waals surface area contributed by atoms with Crippen LogP contribution >= 0.6 is 12.4 Å². The first-order chi connectivity index (χ1) is 8.31. The topological polar surface area (TPSA) is 68.8 Å². The molecule has 2 aromatic heterocycles. The minimum Gasteiger partial charge on any atom is -0.337 e. The summed E-state index contributed by atoms with van der Waals surface area (Å²) in [7, 11) is 0. The second kappa shape index (κ2) is 5.07. The third-order valence-electron chi connectivity index (χ3n) is 3.30. The molecule has 1 N–H and O–H groups in total. The Balaban J connectivity index is 0.00000120. The molecule has 1 aliphatic heterocycles. The SMILES string of the molecule is Cc1noc(C2(n3cccn3)CCNCC2)n1.Cl. The molecule has 6 nitrogen and oxygen atoms in total. The van der Waals surface area contributed by atoms with E-state index in [4.69, 9.17) is 4.52 Å². The van der Waals surface area contributed by atoms with Gasteiger partial charge in [0.15, 0.2) is 5.82 Å². The van der Waals surface area contributed by atoms with Gasteiger partial charge in [-0.3, -0.25) is 4.68 Å². The van der Waals surface area contributed by atoms with Gasteiger partial charge in [0, 0.05) is 12.4 Å². The highest BCUT2D eigenvalue weighted by molar-refractivity contribution is 5.85. The predicted octanol–water partition coefficient (Wildman–Crippen LogP) is 1.12. The Kier molecular flexibility index (Phi) is 3.68. The van der Waals surface area contributed by atoms with Crippen molar-refractivity contribution in [3.63, 3.8) is 0 Å². The minimum absolute atomic E-state index is 0. The molecule has 0 bridgehead atoms. The van der Waals surface area contributed by atoms with Crippen molar-refractivity contribution < 1.29 is 4.52 Å². The first-order valence-electron chi connectivity index (χ1n) is 5.83. The van der Waals surface area contributed by atoms with Gasteiger partial charge in [0.2, 0.25) is 0 Å². The first kappa shape index (κ1) is 13.0. The lowest BCUT2D eigenvalue weighted by molar-refractivity contribution is 0.172. The number of rotatable bonds is 2. The molecule has 7 heteroatoms. The highest BCUT2D eigenvalue weighted by Crippen LogP contribution is 2.33. The standard InChI is InChI=1S/C11H15N5O.ClH/c1-9-14-10(17-15-9)11(3-6-12-7-4-11)16-8-2-5-13-16;/h2,5,8,12H,3-4,6-7H2,1H3;1H. The van der Waals surface area contributed by atoms with Gasteiger partial charge in [-0.2, -0.15) is 10.1 Å². The molecule has 18 heavy (non-hydrogen) atoms. The van der Waals surface area contributed by atoms with Gasteiger partial charge in [-0.25, -0.2) is 0 Å². The van der Waals surface area contributed by atoms with E-state index in [9.17, 15) is 0 Å². The fourth-order valence-corrected chi connectivity index (χ4v) is 2.39. The largest absolute Gasteiger partial charge is 0.337 e. The second-order valence-corrected chi connectivity index (χ2v) is 4.38. The quantitative estimate of drug-likeness (QED) is 0.885. The fraction of sp³-hybridized carbons (Fsp3) is 0.545. The molecule has 3 rings (SSSR count). The zero-order valence-corrected chi connectivity index (χ0v) is 11.0. The summed E-state index contributed by atoms with van der Waals surface area (Å²) in [6.45, 7) is 3.70. The lowest BCUT2D eigenvalue weighted by Gasteiger charge is -2.34. The van der Waals surface area contributed by atoms with Gasteiger partial charge in [0.1, 0.15) is 5.54 Å². The van der Waals surface area contributed by atoms with Gasteiger partial charge < -0.3 is 9.84 Å². The van der Waals surface area contributed by atoms with Gasteiger partial charge >= 0.3 is 0 Å². The predicted molar refractivity (Wildman–Crippen MR) is 67.7 cm³/mol. The Morgan fingerprint density at radius 2 is 2.17 bits per heavy atom. The Labute approximate surface area is 111 Å². The molecular weight excluding hydrogens is 254 g/mol. The number of nitrogens with one attached hydrogen (secondary N) is 1. The molecule has 98 valence electrons. The molecule has 0 radical (unpaired) electrons. The molecule has 0 saturated carbocycles. The minimum atomic E-state index is -0.282. The number of nitrogens with zero attached hydrogens (tertiary/aromatic N) is 4. The molecule has 0 amide bonds. The van der Waals surface area contributed by atoms with E-state index in [0.717, 1.165) is 25.9 Å². The van der Waals surface area contributed by atoms with E-state index in [0.29, 0.717) is 11.7 Å². The van der Waals surface area contributed by atoms with E-state index >= 15 is 0 Å². The lowest BCUT2D eigenvalue weighted by Crippen LogP contribution is -2.45. The summed E-state index contributed by atoms with van der Waals surface area (Å²) in [5.74, 6) is 1.34. The van der Waals surface area contributed by atoms with Gasteiger partial charge in [0.05, 0.1) is 0 Å². The van der Waals surface area contributed by atoms with Crippen molar-refractivity contribution >= 4 is 12.4 Å². The Morgan fingerprint density at radius 3 is 2.72 bits per heavy atom. The summed E-state index contributed by atoms with van der Waals surface area (Å²) < 4.78 is 7.33. The summed E-state index contributed by atoms with van der Waals surface area (Å²) in [6.07, 6.45) is 5.57. The van der Waals surface area contributed by atoms with E-state index in [-0.39, 0.29) is 17.9 Å². The molecular formula is C11H16ClN5O. The third-order valence-corrected chi connectivity index (χ3v) is 3.30. The number of hydrogen-bond donors (Lipinski definition) is 1. The Morgan fingerprint density at radius 1 is 1.39 bits per heavy atom. The maximum absolute atomic E-state index is 5.38. The normalized spacial score (nSPS) is 18.3. The third kappa shape index (κ3) is 2.02. The van der Waals surface area contributed by atoms with E-state index in [1.165, 1.54) is 0 Å². The van der Waals surface area contributed by atoms with Crippen molar-refractivity contribution in [3.8, 4) is 0 Å². The lowest BCUT2D eigenvalue weighted by atomic mass is 9.88. The van der Waals surface area contributed by atoms with Crippen LogP contribution in [0.3, 0.4) is 0 Å². The van der Waals surface area contributed by atoms with Crippen LogP contribution in [0.15, 0.2) is 23.0 Å². The summed E-state index contributed by atoms with van der Waals surface area (Å²) in [5.41, 5.74) is -0.282. The van der Waals surface area contributed by atoms with Crippen LogP contribution in [0.1, 0.15) is 24.6 Å². The van der Waals surface area contributed by atoms with Crippen molar-refractivity contribution in [2.45, 2.75) is 25.3 Å². The van der Waals surface area contributed by atoms with E-state index in [2.05, 4.69) is 20.6 Å². The van der Waals surface area contributed by atoms with E-state index in [1.54, 1.807) is 6.20 Å². The van der Waals surface area contributed by atoms with Crippen LogP contribution in [-0.4, -0.2) is 33.0 Å². The summed E-state index contributed by atoms with van der Waals surface area (Å²) >= 11 is 0. The van der Waals surface area contributed by atoms with Crippen LogP contribution in [0.4, 0.5) is 0 Å². The number of aromatic nitrogens is 4. The highest BCUT2D eigenvalue weighted by atomic mass is 35.5. The van der Waals surface area contributed by atoms with E-state index in [1.807, 2.05) is 23.9 Å². The first-order valence-corrected chi connectivity index (χ1v) is 5.83. The molecule has 0 aliphatic carbocycles. The van der Waals surface area contributed by atoms with Crippen molar-refractivity contribution in [2.75, 3.05) is 13.1 Å². The van der Waals surface area contributed by atoms with Crippen molar-refractivity contribution in [1.29, 1.82) is 0 Å². The molecule has 0 unspecified atom stereocenters. The molecule has 0 aromatic carbocycles. The second-order valence-electron chi connectivity index (χ2n) is 4.38. The monoisotopic (exact) mass is 269 g/mol. The van der Waals surface area contributed by atoms with Crippen molar-refractivity contribution in [3.05, 3.63) is 30.2 Å². The van der Waals surface area contributed by atoms with Crippen molar-refractivity contribution in [1.82, 2.24) is 25.2 Å². The zero-order valence-electron chi connectivity index (χ0n) is 10.2. The van der Waals surface area contributed by atoms with Crippen LogP contribution in [0.5, 0.6) is 0 Å². The molecule has 1 aliphatic rings. The molecule has 1 saturated heterocycles. The smallest absolute Gasteiger partial charge is 0.254 e.